The third-order valence-corrected chi connectivity index (χ3v) is 4.49. The third-order valence-electron chi connectivity index (χ3n) is 3.41. The summed E-state index contributed by atoms with van der Waals surface area (Å²) >= 11 is 1.33. The summed E-state index contributed by atoms with van der Waals surface area (Å²) in [6.45, 7) is 0. The molecule has 1 heterocycles. The van der Waals surface area contributed by atoms with Gasteiger partial charge in [0.05, 0.1) is 10.6 Å². The predicted octanol–water partition coefficient (Wildman–Crippen LogP) is 4.18. The molecule has 1 saturated heterocycles. The zero-order chi connectivity index (χ0) is 16.9. The lowest BCUT2D eigenvalue weighted by molar-refractivity contribution is -0.121. The molecule has 1 aliphatic heterocycles. The minimum Gasteiger partial charge on any atom is -0.508 e. The van der Waals surface area contributed by atoms with E-state index in [4.69, 9.17) is 0 Å². The Morgan fingerprint density at radius 3 is 2.50 bits per heavy atom. The Morgan fingerprint density at radius 1 is 1.08 bits per heavy atom. The summed E-state index contributed by atoms with van der Waals surface area (Å²) in [5.41, 5.74) is 1.77. The SMILES string of the molecule is CN1C(=O)/C(=C/C=C/c2ccccc2)SC1=Nc1ccc(O)cc1. The van der Waals surface area contributed by atoms with E-state index in [0.717, 1.165) is 5.56 Å². The number of thioether (sulfide) groups is 1. The van der Waals surface area contributed by atoms with Crippen molar-refractivity contribution in [3.63, 3.8) is 0 Å². The van der Waals surface area contributed by atoms with Crippen molar-refractivity contribution in [2.24, 2.45) is 4.99 Å². The molecule has 120 valence electrons. The van der Waals surface area contributed by atoms with Crippen molar-refractivity contribution in [2.45, 2.75) is 0 Å². The van der Waals surface area contributed by atoms with Gasteiger partial charge in [0.2, 0.25) is 0 Å². The molecule has 0 bridgehead atoms. The molecule has 0 unspecified atom stereocenters. The molecule has 0 atom stereocenters. The predicted molar refractivity (Wildman–Crippen MR) is 99.1 cm³/mol. The molecule has 1 aliphatic rings. The van der Waals surface area contributed by atoms with Gasteiger partial charge in [0.15, 0.2) is 5.17 Å². The van der Waals surface area contributed by atoms with Crippen molar-refractivity contribution in [3.05, 3.63) is 77.2 Å². The fourth-order valence-electron chi connectivity index (χ4n) is 2.11. The number of amidine groups is 1. The molecule has 5 heteroatoms. The number of rotatable bonds is 3. The Kier molecular flexibility index (Phi) is 4.82. The van der Waals surface area contributed by atoms with E-state index in [-0.39, 0.29) is 11.7 Å². The quantitative estimate of drug-likeness (QED) is 0.856. The van der Waals surface area contributed by atoms with E-state index in [0.29, 0.717) is 15.8 Å². The van der Waals surface area contributed by atoms with E-state index in [1.54, 1.807) is 37.4 Å². The van der Waals surface area contributed by atoms with E-state index in [2.05, 4.69) is 4.99 Å². The molecule has 4 nitrogen and oxygen atoms in total. The highest BCUT2D eigenvalue weighted by molar-refractivity contribution is 8.18. The number of benzene rings is 2. The standard InChI is InChI=1S/C19H16N2O2S/c1-21-18(23)17(9-5-8-14-6-3-2-4-7-14)24-19(21)20-15-10-12-16(22)13-11-15/h2-13,22H,1H3/b8-5+,17-9-,20-19?. The monoisotopic (exact) mass is 336 g/mol. The van der Waals surface area contributed by atoms with Crippen LogP contribution in [0.25, 0.3) is 6.08 Å². The second-order valence-electron chi connectivity index (χ2n) is 5.18. The molecule has 0 aromatic heterocycles. The van der Waals surface area contributed by atoms with E-state index in [1.807, 2.05) is 42.5 Å². The van der Waals surface area contributed by atoms with Crippen LogP contribution in [-0.2, 0) is 4.79 Å². The zero-order valence-corrected chi connectivity index (χ0v) is 13.9. The lowest BCUT2D eigenvalue weighted by Crippen LogP contribution is -2.23. The van der Waals surface area contributed by atoms with Crippen LogP contribution >= 0.6 is 11.8 Å². The van der Waals surface area contributed by atoms with Gasteiger partial charge in [0.1, 0.15) is 5.75 Å². The molecule has 3 rings (SSSR count). The molecule has 1 N–H and O–H groups in total. The highest BCUT2D eigenvalue weighted by atomic mass is 32.2. The second kappa shape index (κ2) is 7.19. The Labute approximate surface area is 144 Å². The Morgan fingerprint density at radius 2 is 1.79 bits per heavy atom. The van der Waals surface area contributed by atoms with Crippen molar-refractivity contribution in [1.29, 1.82) is 0 Å². The largest absolute Gasteiger partial charge is 0.508 e. The highest BCUT2D eigenvalue weighted by Gasteiger charge is 2.29. The number of aliphatic imine (C=N–C) groups is 1. The number of phenols is 1. The number of hydrogen-bond acceptors (Lipinski definition) is 4. The molecule has 0 radical (unpaired) electrons. The van der Waals surface area contributed by atoms with Crippen LogP contribution in [0.1, 0.15) is 5.56 Å². The maximum atomic E-state index is 12.3. The zero-order valence-electron chi connectivity index (χ0n) is 13.1. The summed E-state index contributed by atoms with van der Waals surface area (Å²) in [6, 6.07) is 16.5. The first kappa shape index (κ1) is 16.1. The minimum absolute atomic E-state index is 0.0739. The Hall–Kier alpha value is -2.79. The van der Waals surface area contributed by atoms with Crippen LogP contribution in [0, 0.1) is 0 Å². The van der Waals surface area contributed by atoms with Crippen molar-refractivity contribution in [3.8, 4) is 5.75 Å². The summed E-state index contributed by atoms with van der Waals surface area (Å²) in [6.07, 6.45) is 5.62. The van der Waals surface area contributed by atoms with Crippen molar-refractivity contribution >= 4 is 34.6 Å². The molecular weight excluding hydrogens is 320 g/mol. The first-order valence-electron chi connectivity index (χ1n) is 7.40. The molecule has 0 spiro atoms. The van der Waals surface area contributed by atoms with Gasteiger partial charge in [-0.3, -0.25) is 9.69 Å². The number of nitrogens with zero attached hydrogens (tertiary/aromatic N) is 2. The number of aromatic hydroxyl groups is 1. The normalized spacial score (nSPS) is 18.2. The summed E-state index contributed by atoms with van der Waals surface area (Å²) < 4.78 is 0. The first-order valence-corrected chi connectivity index (χ1v) is 8.22. The van der Waals surface area contributed by atoms with Gasteiger partial charge in [-0.1, -0.05) is 42.5 Å². The topological polar surface area (TPSA) is 52.9 Å². The van der Waals surface area contributed by atoms with Gasteiger partial charge >= 0.3 is 0 Å². The third kappa shape index (κ3) is 3.75. The maximum absolute atomic E-state index is 12.3. The van der Waals surface area contributed by atoms with Crippen LogP contribution in [0.15, 0.2) is 76.6 Å². The van der Waals surface area contributed by atoms with E-state index in [1.165, 1.54) is 16.7 Å². The van der Waals surface area contributed by atoms with Gasteiger partial charge in [0.25, 0.3) is 5.91 Å². The van der Waals surface area contributed by atoms with E-state index in [9.17, 15) is 9.90 Å². The average Bonchev–Trinajstić information content (AvgIpc) is 2.86. The lowest BCUT2D eigenvalue weighted by atomic mass is 10.2. The number of hydrogen-bond donors (Lipinski definition) is 1. The number of likely N-dealkylation sites (N-methyl/N-ethyl adjacent to an activating group) is 1. The van der Waals surface area contributed by atoms with Crippen LogP contribution in [-0.4, -0.2) is 28.1 Å². The number of carbonyl (C=O) groups is 1. The van der Waals surface area contributed by atoms with E-state index < -0.39 is 0 Å². The minimum atomic E-state index is -0.0739. The smallest absolute Gasteiger partial charge is 0.266 e. The van der Waals surface area contributed by atoms with Crippen LogP contribution in [0.2, 0.25) is 0 Å². The van der Waals surface area contributed by atoms with Gasteiger partial charge in [-0.25, -0.2) is 4.99 Å². The van der Waals surface area contributed by atoms with Gasteiger partial charge in [-0.15, -0.1) is 0 Å². The molecule has 2 aromatic carbocycles. The summed E-state index contributed by atoms with van der Waals surface area (Å²) in [5, 5.41) is 9.93. The molecule has 1 fully saturated rings. The average molecular weight is 336 g/mol. The number of amides is 1. The molecule has 2 aromatic rings. The van der Waals surface area contributed by atoms with Crippen molar-refractivity contribution < 1.29 is 9.90 Å². The fourth-order valence-corrected chi connectivity index (χ4v) is 3.05. The maximum Gasteiger partial charge on any atom is 0.266 e. The van der Waals surface area contributed by atoms with Crippen LogP contribution < -0.4 is 0 Å². The molecule has 1 amide bonds. The van der Waals surface area contributed by atoms with Crippen LogP contribution in [0.4, 0.5) is 5.69 Å². The summed E-state index contributed by atoms with van der Waals surface area (Å²) in [4.78, 5) is 18.9. The fraction of sp³-hybridized carbons (Fsp3) is 0.0526. The van der Waals surface area contributed by atoms with Crippen molar-refractivity contribution in [1.82, 2.24) is 4.90 Å². The van der Waals surface area contributed by atoms with Gasteiger partial charge in [0, 0.05) is 7.05 Å². The molecular formula is C19H16N2O2S. The Bertz CT molecular complexity index is 824. The highest BCUT2D eigenvalue weighted by Crippen LogP contribution is 2.32. The van der Waals surface area contributed by atoms with Crippen molar-refractivity contribution in [2.75, 3.05) is 7.05 Å². The Balaban J connectivity index is 1.77. The lowest BCUT2D eigenvalue weighted by Gasteiger charge is -2.06. The second-order valence-corrected chi connectivity index (χ2v) is 6.19. The number of carbonyl (C=O) groups excluding carboxylic acids is 1. The first-order chi connectivity index (χ1) is 11.6. The van der Waals surface area contributed by atoms with Gasteiger partial charge in [-0.05, 0) is 47.7 Å². The molecule has 24 heavy (non-hydrogen) atoms. The summed E-state index contributed by atoms with van der Waals surface area (Å²) in [7, 11) is 1.70. The van der Waals surface area contributed by atoms with Gasteiger partial charge < -0.3 is 5.11 Å². The summed E-state index contributed by atoms with van der Waals surface area (Å²) in [5.74, 6) is 0.115. The van der Waals surface area contributed by atoms with Crippen LogP contribution in [0.5, 0.6) is 5.75 Å². The van der Waals surface area contributed by atoms with E-state index >= 15 is 0 Å². The van der Waals surface area contributed by atoms with Crippen LogP contribution in [0.3, 0.4) is 0 Å². The molecule has 0 saturated carbocycles. The van der Waals surface area contributed by atoms with Gasteiger partial charge in [-0.2, -0.15) is 0 Å². The number of allylic oxidation sites excluding steroid dienone is 2. The number of phenolic OH excluding ortho intramolecular Hbond substituents is 1. The molecule has 0 aliphatic carbocycles.